The molecule has 0 saturated carbocycles. The Labute approximate surface area is 396 Å². The number of nitrogens with zero attached hydrogens (tertiary/aromatic N) is 3. The van der Waals surface area contributed by atoms with Gasteiger partial charge < -0.3 is 4.90 Å². The summed E-state index contributed by atoms with van der Waals surface area (Å²) in [6.45, 7) is 0. The molecule has 2 aromatic heterocycles. The van der Waals surface area contributed by atoms with Gasteiger partial charge in [-0.15, -0.1) is 0 Å². The lowest BCUT2D eigenvalue weighted by molar-refractivity contribution is 1.28. The Hall–Kier alpha value is -8.14. The summed E-state index contributed by atoms with van der Waals surface area (Å²) < 4.78 is 262. The van der Waals surface area contributed by atoms with Crippen molar-refractivity contribution in [2.45, 2.75) is 0 Å². The van der Waals surface area contributed by atoms with Crippen molar-refractivity contribution in [3.05, 3.63) is 236 Å². The second-order valence-electron chi connectivity index (χ2n) is 13.1. The van der Waals surface area contributed by atoms with Gasteiger partial charge in [0, 0.05) is 49.9 Å². The van der Waals surface area contributed by atoms with Crippen LogP contribution in [0.3, 0.4) is 0 Å². The Kier molecular flexibility index (Phi) is 4.30. The smallest absolute Gasteiger partial charge is 0.0788 e. The summed E-state index contributed by atoms with van der Waals surface area (Å²) >= 11 is 0. The highest BCUT2D eigenvalue weighted by Gasteiger charge is 2.17. The lowest BCUT2D eigenvalue weighted by Gasteiger charge is -2.25. The summed E-state index contributed by atoms with van der Waals surface area (Å²) in [7, 11) is 0. The highest BCUT2D eigenvalue weighted by Crippen LogP contribution is 2.41. The largest absolute Gasteiger partial charge is 0.311 e. The molecule has 0 saturated heterocycles. The molecule has 11 aromatic rings. The van der Waals surface area contributed by atoms with E-state index in [-0.39, 0.29) is 44.4 Å². The molecule has 0 spiro atoms. The summed E-state index contributed by atoms with van der Waals surface area (Å²) in [5, 5.41) is -1.25. The zero-order valence-corrected chi connectivity index (χ0v) is 31.1. The molecule has 0 bridgehead atoms. The predicted molar refractivity (Wildman–Crippen MR) is 256 cm³/mol. The normalized spacial score (nSPS) is 17.9. The van der Waals surface area contributed by atoms with Gasteiger partial charge in [0.05, 0.1) is 62.4 Å². The van der Waals surface area contributed by atoms with Gasteiger partial charge in [0.25, 0.3) is 0 Å². The average molecular weight is 807 g/mol. The van der Waals surface area contributed by atoms with Crippen molar-refractivity contribution in [3.8, 4) is 56.0 Å². The fourth-order valence-electron chi connectivity index (χ4n) is 6.68. The van der Waals surface area contributed by atoms with Crippen molar-refractivity contribution < 1.29 is 39.8 Å². The van der Waals surface area contributed by atoms with Crippen LogP contribution in [0, 0.1) is 0 Å². The number of benzene rings is 9. The Morgan fingerprint density at radius 3 is 1.90 bits per heavy atom. The van der Waals surface area contributed by atoms with Gasteiger partial charge in [-0.1, -0.05) is 175 Å². The van der Waals surface area contributed by atoms with Gasteiger partial charge in [-0.3, -0.25) is 0 Å². The Bertz CT molecular complexity index is 5030. The lowest BCUT2D eigenvalue weighted by Crippen LogP contribution is -2.09. The molecule has 0 N–H and O–H groups in total. The van der Waals surface area contributed by atoms with E-state index in [1.807, 2.05) is 0 Å². The number of rotatable bonds is 8. The van der Waals surface area contributed by atoms with E-state index in [0.29, 0.717) is 0 Å². The van der Waals surface area contributed by atoms with Crippen LogP contribution in [0.1, 0.15) is 39.8 Å². The molecule has 0 aliphatic rings. The van der Waals surface area contributed by atoms with Gasteiger partial charge in [-0.25, -0.2) is 9.97 Å². The van der Waals surface area contributed by atoms with E-state index in [0.717, 1.165) is 23.1 Å². The molecule has 0 radical (unpaired) electrons. The average Bonchev–Trinajstić information content (AvgIpc) is 0.706. The Morgan fingerprint density at radius 2 is 1.07 bits per heavy atom. The van der Waals surface area contributed by atoms with Crippen molar-refractivity contribution in [3.63, 3.8) is 0 Å². The molecule has 0 atom stereocenters. The third-order valence-electron chi connectivity index (χ3n) is 9.44. The van der Waals surface area contributed by atoms with Crippen molar-refractivity contribution in [1.29, 1.82) is 0 Å². The van der Waals surface area contributed by atoms with Gasteiger partial charge in [0.2, 0.25) is 0 Å². The number of anilines is 3. The second-order valence-corrected chi connectivity index (χ2v) is 13.1. The number of hydrogen-bond donors (Lipinski definition) is 0. The second kappa shape index (κ2) is 15.6. The summed E-state index contributed by atoms with van der Waals surface area (Å²) in [6.07, 6.45) is 0. The van der Waals surface area contributed by atoms with E-state index in [1.54, 1.807) is 0 Å². The highest BCUT2D eigenvalue weighted by molar-refractivity contribution is 6.22. The molecule has 0 unspecified atom stereocenters. The molecule has 0 fully saturated rings. The van der Waals surface area contributed by atoms with Crippen LogP contribution in [0.4, 0.5) is 17.1 Å². The minimum Gasteiger partial charge on any atom is -0.311 e. The third-order valence-corrected chi connectivity index (χ3v) is 9.44. The van der Waals surface area contributed by atoms with E-state index in [2.05, 4.69) is 9.97 Å². The molecule has 286 valence electrons. The molecule has 9 aromatic carbocycles. The van der Waals surface area contributed by atoms with Gasteiger partial charge in [-0.2, -0.15) is 0 Å². The van der Waals surface area contributed by atoms with Crippen LogP contribution in [0.25, 0.3) is 88.5 Å². The molecular formula is C58H39N3. The molecule has 61 heavy (non-hydrogen) atoms. The first-order valence-electron chi connectivity index (χ1n) is 32.9. The summed E-state index contributed by atoms with van der Waals surface area (Å²) in [4.78, 5) is 9.96. The first kappa shape index (κ1) is 16.8. The predicted octanol–water partition coefficient (Wildman–Crippen LogP) is 15.7. The number of fused-ring (bicyclic) bond motifs is 5. The number of hydrogen-bond acceptors (Lipinski definition) is 3. The maximum absolute atomic E-state index is 10.1. The summed E-state index contributed by atoms with van der Waals surface area (Å²) in [5.74, 6) is 0. The van der Waals surface area contributed by atoms with Gasteiger partial charge in [0.15, 0.2) is 0 Å². The van der Waals surface area contributed by atoms with Gasteiger partial charge in [0.1, 0.15) is 0 Å². The summed E-state index contributed by atoms with van der Waals surface area (Å²) in [5.41, 5.74) is -8.06. The summed E-state index contributed by atoms with van der Waals surface area (Å²) in [6, 6.07) is -9.57. The highest BCUT2D eigenvalue weighted by atomic mass is 15.1. The maximum Gasteiger partial charge on any atom is 0.0788 e. The zero-order valence-electron chi connectivity index (χ0n) is 60.1. The van der Waals surface area contributed by atoms with E-state index in [1.165, 1.54) is 42.5 Å². The van der Waals surface area contributed by atoms with Crippen LogP contribution in [-0.2, 0) is 0 Å². The third kappa shape index (κ3) is 6.88. The number of aromatic nitrogens is 2. The van der Waals surface area contributed by atoms with Crippen LogP contribution in [0.5, 0.6) is 0 Å². The van der Waals surface area contributed by atoms with E-state index in [9.17, 15) is 17.8 Å². The molecule has 2 heterocycles. The standard InChI is InChI=1S/C58H39N3/c1-5-16-43(17-6-1)55-38-47(39-56(59-55)44-18-7-2-8-19-44)46-32-36-54-53(37-46)57-51-24-14-13-15-42(51)31-35-52(57)58(60-54)45-27-25-40(26-28-45)41-29-33-50(34-30-41)61(48-20-9-3-10-21-48)49-22-11-4-12-23-49/h1-39H/i1D,2D,3D,5D,6D,7D,9D,10D,14D,16D,17D,18D,19D,20D,21D,22D,24D,25D,27D,28D,29D,32D,33D,34D,35D,36D,37D,38D,39D. The monoisotopic (exact) mass is 806 g/mol. The first-order chi connectivity index (χ1) is 42.3. The topological polar surface area (TPSA) is 29.0 Å². The Morgan fingerprint density at radius 1 is 0.344 bits per heavy atom. The van der Waals surface area contributed by atoms with E-state index < -0.39 is 236 Å². The number of pyridine rings is 2. The SMILES string of the molecule is [2H]c1ccccc1N(c1c([2H])cc(-c2cc([2H])c(-c3nc4c([2H])c([2H])c(-c5c([2H])c(-c6c([2H])cc([2H])c([2H])c6[2H])nc(-c6c([2H])c([2H])c([2H])c([2H])c6[2H])c5[2H])c([2H])c4c4c3c([2H])cc3ccc([2H])c([2H])c34)c([2H])c2[2H])c([2H])c1[2H])c1c([2H])c([2H])c([2H])c([2H])c1[2H]. The molecule has 3 nitrogen and oxygen atoms in total. The fraction of sp³-hybridized carbons (Fsp3) is 0. The molecule has 0 amide bonds. The van der Waals surface area contributed by atoms with E-state index in [4.69, 9.17) is 21.9 Å². The fourth-order valence-corrected chi connectivity index (χ4v) is 6.68. The van der Waals surface area contributed by atoms with Gasteiger partial charge in [-0.05, 0) is 93.5 Å². The van der Waals surface area contributed by atoms with Crippen molar-refractivity contribution in [2.24, 2.45) is 0 Å². The van der Waals surface area contributed by atoms with Gasteiger partial charge >= 0.3 is 0 Å². The Balaban J connectivity index is 1.21. The minimum absolute atomic E-state index is 0.0929. The van der Waals surface area contributed by atoms with Crippen LogP contribution in [-0.4, -0.2) is 9.97 Å². The van der Waals surface area contributed by atoms with Crippen LogP contribution in [0.15, 0.2) is 236 Å². The first-order valence-corrected chi connectivity index (χ1v) is 18.4. The molecule has 11 rings (SSSR count). The molecule has 3 heteroatoms. The van der Waals surface area contributed by atoms with Crippen molar-refractivity contribution in [1.82, 2.24) is 9.97 Å². The molecule has 0 aliphatic carbocycles. The number of para-hydroxylation sites is 2. The molecule has 0 aliphatic heterocycles. The molecular weight excluding hydrogens is 739 g/mol. The maximum atomic E-state index is 10.1. The van der Waals surface area contributed by atoms with E-state index >= 15 is 0 Å². The van der Waals surface area contributed by atoms with Crippen LogP contribution >= 0.6 is 0 Å². The zero-order chi connectivity index (χ0) is 65.8. The lowest BCUT2D eigenvalue weighted by atomic mass is 9.92. The quantitative estimate of drug-likeness (QED) is 0.143. The minimum atomic E-state index is -0.983. The van der Waals surface area contributed by atoms with Crippen molar-refractivity contribution in [2.75, 3.05) is 4.90 Å². The van der Waals surface area contributed by atoms with Crippen LogP contribution in [0.2, 0.25) is 0 Å². The van der Waals surface area contributed by atoms with Crippen LogP contribution < -0.4 is 4.90 Å². The van der Waals surface area contributed by atoms with Crippen molar-refractivity contribution >= 4 is 49.5 Å².